The predicted molar refractivity (Wildman–Crippen MR) is 207 cm³/mol. The highest BCUT2D eigenvalue weighted by molar-refractivity contribution is 8.00. The molecule has 0 unspecified atom stereocenters. The van der Waals surface area contributed by atoms with E-state index in [9.17, 15) is 19.5 Å². The van der Waals surface area contributed by atoms with Crippen LogP contribution in [0.5, 0.6) is 0 Å². The summed E-state index contributed by atoms with van der Waals surface area (Å²) in [5.41, 5.74) is 7.48. The van der Waals surface area contributed by atoms with Gasteiger partial charge >= 0.3 is 18.2 Å². The van der Waals surface area contributed by atoms with Crippen molar-refractivity contribution < 1.29 is 29.0 Å². The molecule has 0 heterocycles. The first-order chi connectivity index (χ1) is 26.0. The van der Waals surface area contributed by atoms with Gasteiger partial charge in [0.2, 0.25) is 0 Å². The average molecular weight is 720 g/mol. The van der Waals surface area contributed by atoms with Crippen LogP contribution < -0.4 is 0 Å². The lowest BCUT2D eigenvalue weighted by atomic mass is 9.84. The van der Waals surface area contributed by atoms with Gasteiger partial charge < -0.3 is 14.6 Å². The molecule has 7 nitrogen and oxygen atoms in total. The number of ether oxygens (including phenoxy) is 2. The molecule has 0 bridgehead atoms. The van der Waals surface area contributed by atoms with Crippen LogP contribution in [0.1, 0.15) is 39.3 Å². The van der Waals surface area contributed by atoms with Gasteiger partial charge in [0.1, 0.15) is 13.2 Å². The summed E-state index contributed by atoms with van der Waals surface area (Å²) in [7, 11) is 0. The maximum Gasteiger partial charge on any atom is 0.420 e. The van der Waals surface area contributed by atoms with Gasteiger partial charge in [-0.25, -0.2) is 14.4 Å². The molecule has 0 aliphatic heterocycles. The van der Waals surface area contributed by atoms with Crippen molar-refractivity contribution >= 4 is 29.9 Å². The number of aliphatic carboxylic acids is 1. The van der Waals surface area contributed by atoms with Crippen molar-refractivity contribution in [3.8, 4) is 11.1 Å². The van der Waals surface area contributed by atoms with Gasteiger partial charge in [-0.15, -0.1) is 11.8 Å². The number of imide groups is 1. The Labute approximate surface area is 312 Å². The van der Waals surface area contributed by atoms with Crippen LogP contribution >= 0.6 is 11.8 Å². The van der Waals surface area contributed by atoms with Crippen molar-refractivity contribution in [2.45, 2.75) is 23.3 Å². The van der Waals surface area contributed by atoms with Crippen LogP contribution in [-0.4, -0.2) is 46.6 Å². The van der Waals surface area contributed by atoms with Crippen LogP contribution in [0.15, 0.2) is 170 Å². The largest absolute Gasteiger partial charge is 0.480 e. The number of hydrogen-bond donors (Lipinski definition) is 1. The summed E-state index contributed by atoms with van der Waals surface area (Å²) in [6.45, 7) is -0.259. The minimum Gasteiger partial charge on any atom is -0.480 e. The van der Waals surface area contributed by atoms with Crippen LogP contribution in [0.25, 0.3) is 11.1 Å². The highest BCUT2D eigenvalue weighted by atomic mass is 32.2. The fourth-order valence-corrected chi connectivity index (χ4v) is 8.62. The van der Waals surface area contributed by atoms with Gasteiger partial charge in [0.05, 0.1) is 4.75 Å². The lowest BCUT2D eigenvalue weighted by molar-refractivity contribution is -0.141. The first-order valence-corrected chi connectivity index (χ1v) is 18.3. The smallest absolute Gasteiger partial charge is 0.420 e. The lowest BCUT2D eigenvalue weighted by Gasteiger charge is -2.37. The Morgan fingerprint density at radius 1 is 0.585 bits per heavy atom. The zero-order valence-corrected chi connectivity index (χ0v) is 29.6. The second-order valence-electron chi connectivity index (χ2n) is 12.7. The summed E-state index contributed by atoms with van der Waals surface area (Å²) < 4.78 is 10.6. The fourth-order valence-electron chi connectivity index (χ4n) is 7.01. The molecule has 0 fully saturated rings. The number of amides is 2. The van der Waals surface area contributed by atoms with Gasteiger partial charge in [-0.3, -0.25) is 0 Å². The van der Waals surface area contributed by atoms with Gasteiger partial charge in [-0.05, 0) is 44.5 Å². The highest BCUT2D eigenvalue weighted by Crippen LogP contribution is 2.49. The Morgan fingerprint density at radius 3 is 1.47 bits per heavy atom. The molecule has 1 aliphatic rings. The molecule has 0 radical (unpaired) electrons. The first kappa shape index (κ1) is 35.3. The van der Waals surface area contributed by atoms with Crippen molar-refractivity contribution in [3.05, 3.63) is 203 Å². The maximum atomic E-state index is 14.2. The standard InChI is InChI=1S/C45H37NO6S/c47-42(48)41(31-53-45(33-19-7-2-8-20-33,34-21-9-3-10-22-34)35-23-11-4-12-24-35)46(43(49)51-29-32-17-5-1-6-18-32)44(50)52-30-40-38-27-15-13-25-36(38)37-26-14-16-28-39(37)40/h1-28,40-41H,29-31H2,(H,47,48)/t41-/m0/s1. The van der Waals surface area contributed by atoms with Gasteiger partial charge in [-0.1, -0.05) is 170 Å². The Bertz CT molecular complexity index is 2040. The maximum absolute atomic E-state index is 14.2. The molecule has 0 spiro atoms. The normalized spacial score (nSPS) is 12.6. The van der Waals surface area contributed by atoms with E-state index in [0.717, 1.165) is 38.9 Å². The van der Waals surface area contributed by atoms with E-state index in [0.29, 0.717) is 10.5 Å². The SMILES string of the molecule is O=C(O)[C@H](CSC(c1ccccc1)(c1ccccc1)c1ccccc1)N(C(=O)OCc1ccccc1)C(=O)OCC1c2ccccc2-c2ccccc21. The number of carbonyl (C=O) groups is 3. The molecule has 7 rings (SSSR count). The number of nitrogens with zero attached hydrogens (tertiary/aromatic N) is 1. The van der Waals surface area contributed by atoms with E-state index in [-0.39, 0.29) is 24.9 Å². The van der Waals surface area contributed by atoms with Crippen molar-refractivity contribution in [2.24, 2.45) is 0 Å². The van der Waals surface area contributed by atoms with Crippen molar-refractivity contribution in [3.63, 3.8) is 0 Å². The van der Waals surface area contributed by atoms with Crippen LogP contribution in [0.3, 0.4) is 0 Å². The van der Waals surface area contributed by atoms with E-state index >= 15 is 0 Å². The summed E-state index contributed by atoms with van der Waals surface area (Å²) in [6.07, 6.45) is -2.20. The molecule has 6 aromatic carbocycles. The van der Waals surface area contributed by atoms with Crippen LogP contribution in [0.2, 0.25) is 0 Å². The fraction of sp³-hybridized carbons (Fsp3) is 0.133. The van der Waals surface area contributed by atoms with Gasteiger partial charge in [-0.2, -0.15) is 4.90 Å². The predicted octanol–water partition coefficient (Wildman–Crippen LogP) is 9.75. The second-order valence-corrected chi connectivity index (χ2v) is 13.9. The third-order valence-electron chi connectivity index (χ3n) is 9.53. The molecule has 1 atom stereocenters. The Kier molecular flexibility index (Phi) is 10.7. The summed E-state index contributed by atoms with van der Waals surface area (Å²) in [4.78, 5) is 42.0. The Morgan fingerprint density at radius 2 is 1.00 bits per heavy atom. The zero-order chi connectivity index (χ0) is 36.6. The van der Waals surface area contributed by atoms with Crippen LogP contribution in [0, 0.1) is 0 Å². The number of fused-ring (bicyclic) bond motifs is 3. The molecule has 8 heteroatoms. The molecule has 1 N–H and O–H groups in total. The minimum absolute atomic E-state index is 0.100. The van der Waals surface area contributed by atoms with E-state index < -0.39 is 28.9 Å². The number of carbonyl (C=O) groups excluding carboxylic acids is 2. The van der Waals surface area contributed by atoms with Gasteiger partial charge in [0.15, 0.2) is 6.04 Å². The topological polar surface area (TPSA) is 93.1 Å². The summed E-state index contributed by atoms with van der Waals surface area (Å²) >= 11 is 1.33. The molecule has 264 valence electrons. The Hall–Kier alpha value is -6.12. The third kappa shape index (κ3) is 7.32. The lowest BCUT2D eigenvalue weighted by Crippen LogP contribution is -2.51. The van der Waals surface area contributed by atoms with Crippen molar-refractivity contribution in [1.82, 2.24) is 4.90 Å². The number of rotatable bonds is 12. The Balaban J connectivity index is 1.23. The first-order valence-electron chi connectivity index (χ1n) is 17.4. The minimum atomic E-state index is -1.64. The number of thioether (sulfide) groups is 1. The van der Waals surface area contributed by atoms with Crippen molar-refractivity contribution in [1.29, 1.82) is 0 Å². The summed E-state index contributed by atoms with van der Waals surface area (Å²) in [5, 5.41) is 10.8. The van der Waals surface area contributed by atoms with Gasteiger partial charge in [0.25, 0.3) is 0 Å². The summed E-state index contributed by atoms with van der Waals surface area (Å²) in [6, 6.07) is 52.6. The number of carboxylic acids is 1. The number of carboxylic acid groups (broad SMARTS) is 1. The van der Waals surface area contributed by atoms with E-state index in [1.54, 1.807) is 24.3 Å². The molecule has 6 aromatic rings. The highest BCUT2D eigenvalue weighted by Gasteiger charge is 2.43. The molecule has 0 saturated heterocycles. The van der Waals surface area contributed by atoms with E-state index in [1.165, 1.54) is 11.8 Å². The van der Waals surface area contributed by atoms with E-state index in [4.69, 9.17) is 9.47 Å². The second kappa shape index (κ2) is 16.0. The molecule has 2 amide bonds. The molecular weight excluding hydrogens is 683 g/mol. The van der Waals surface area contributed by atoms with E-state index in [2.05, 4.69) is 0 Å². The molecular formula is C45H37NO6S. The van der Waals surface area contributed by atoms with Crippen LogP contribution in [-0.2, 0) is 25.6 Å². The molecule has 0 saturated carbocycles. The average Bonchev–Trinajstić information content (AvgIpc) is 3.53. The van der Waals surface area contributed by atoms with Crippen molar-refractivity contribution in [2.75, 3.05) is 12.4 Å². The quantitative estimate of drug-likeness (QED) is 0.126. The molecule has 0 aromatic heterocycles. The van der Waals surface area contributed by atoms with Gasteiger partial charge in [0, 0.05) is 11.7 Å². The monoisotopic (exact) mass is 719 g/mol. The summed E-state index contributed by atoms with van der Waals surface area (Å²) in [5.74, 6) is -1.85. The number of benzene rings is 6. The van der Waals surface area contributed by atoms with Crippen LogP contribution in [0.4, 0.5) is 9.59 Å². The van der Waals surface area contributed by atoms with E-state index in [1.807, 2.05) is 146 Å². The zero-order valence-electron chi connectivity index (χ0n) is 28.8. The molecule has 53 heavy (non-hydrogen) atoms. The number of hydrogen-bond acceptors (Lipinski definition) is 6. The molecule has 1 aliphatic carbocycles. The third-order valence-corrected chi connectivity index (χ3v) is 11.2.